The van der Waals surface area contributed by atoms with Crippen molar-refractivity contribution in [2.75, 3.05) is 18.0 Å². The van der Waals surface area contributed by atoms with Crippen molar-refractivity contribution in [2.24, 2.45) is 0 Å². The molecule has 0 saturated carbocycles. The van der Waals surface area contributed by atoms with Crippen molar-refractivity contribution in [1.82, 2.24) is 24.9 Å². The van der Waals surface area contributed by atoms with Gasteiger partial charge in [0.25, 0.3) is 0 Å². The van der Waals surface area contributed by atoms with E-state index >= 15 is 0 Å². The lowest BCUT2D eigenvalue weighted by Gasteiger charge is -2.45. The quantitative estimate of drug-likeness (QED) is 0.432. The number of anilines is 1. The van der Waals surface area contributed by atoms with Gasteiger partial charge in [-0.15, -0.1) is 29.9 Å². The van der Waals surface area contributed by atoms with Gasteiger partial charge in [0.15, 0.2) is 5.82 Å². The number of ether oxygens (including phenoxy) is 1. The van der Waals surface area contributed by atoms with Crippen LogP contribution in [0.4, 0.5) is 18.9 Å². The molecule has 1 aliphatic carbocycles. The lowest BCUT2D eigenvalue weighted by atomic mass is 10.00. The van der Waals surface area contributed by atoms with Crippen LogP contribution in [0.15, 0.2) is 55.1 Å². The fourth-order valence-corrected chi connectivity index (χ4v) is 8.07. The standard InChI is InChI=1S/C26H29F3N6O3S/c1-4-24(22-7-5-6-18-12-19(13-23(18)22)25-30-32-33-31-25)39(36,37)35-16(2)14-34(15-17(35)3)20-8-10-21(11-9-20)38-26(27,28)29/h4-11,16-17,19,24H,1,12-15H2,2-3H3,(H,30,31,32,33). The third-order valence-corrected chi connectivity index (χ3v) is 9.76. The molecule has 1 saturated heterocycles. The van der Waals surface area contributed by atoms with Gasteiger partial charge in [0.1, 0.15) is 11.0 Å². The zero-order valence-corrected chi connectivity index (χ0v) is 22.3. The van der Waals surface area contributed by atoms with Crippen LogP contribution in [0.2, 0.25) is 0 Å². The summed E-state index contributed by atoms with van der Waals surface area (Å²) in [7, 11) is -3.86. The summed E-state index contributed by atoms with van der Waals surface area (Å²) in [4.78, 5) is 1.97. The topological polar surface area (TPSA) is 104 Å². The highest BCUT2D eigenvalue weighted by Crippen LogP contribution is 2.40. The number of alkyl halides is 3. The van der Waals surface area contributed by atoms with Crippen LogP contribution in [0.1, 0.15) is 47.5 Å². The van der Waals surface area contributed by atoms with Crippen LogP contribution in [0, 0.1) is 0 Å². The number of nitrogens with one attached hydrogen (secondary N) is 1. The van der Waals surface area contributed by atoms with Crippen molar-refractivity contribution in [3.05, 3.63) is 77.6 Å². The summed E-state index contributed by atoms with van der Waals surface area (Å²) in [6.45, 7) is 8.31. The second kappa shape index (κ2) is 10.3. The number of hydrogen-bond acceptors (Lipinski definition) is 7. The number of rotatable bonds is 7. The van der Waals surface area contributed by atoms with E-state index < -0.39 is 33.7 Å². The lowest BCUT2D eigenvalue weighted by Crippen LogP contribution is -2.59. The molecule has 2 aromatic carbocycles. The van der Waals surface area contributed by atoms with E-state index in [1.54, 1.807) is 16.4 Å². The average molecular weight is 563 g/mol. The van der Waals surface area contributed by atoms with Gasteiger partial charge >= 0.3 is 6.36 Å². The van der Waals surface area contributed by atoms with E-state index in [9.17, 15) is 21.6 Å². The molecule has 4 atom stereocenters. The first-order valence-corrected chi connectivity index (χ1v) is 14.1. The number of tetrazole rings is 1. The maximum atomic E-state index is 14.1. The van der Waals surface area contributed by atoms with Crippen molar-refractivity contribution in [1.29, 1.82) is 0 Å². The molecular formula is C26H29F3N6O3S. The number of fused-ring (bicyclic) bond motifs is 1. The van der Waals surface area contributed by atoms with E-state index in [0.29, 0.717) is 43.0 Å². The van der Waals surface area contributed by atoms with Crippen molar-refractivity contribution >= 4 is 15.7 Å². The Labute approximate surface area is 224 Å². The molecule has 2 heterocycles. The summed E-state index contributed by atoms with van der Waals surface area (Å²) in [5.41, 5.74) is 3.43. The van der Waals surface area contributed by atoms with Gasteiger partial charge in [0.2, 0.25) is 10.0 Å². The minimum Gasteiger partial charge on any atom is -0.406 e. The van der Waals surface area contributed by atoms with Gasteiger partial charge in [-0.1, -0.05) is 29.5 Å². The molecule has 3 aromatic rings. The summed E-state index contributed by atoms with van der Waals surface area (Å²) in [5.74, 6) is 0.313. The van der Waals surface area contributed by atoms with Crippen LogP contribution >= 0.6 is 0 Å². The van der Waals surface area contributed by atoms with Crippen LogP contribution in [0.5, 0.6) is 5.75 Å². The maximum absolute atomic E-state index is 14.1. The van der Waals surface area contributed by atoms with Gasteiger partial charge in [-0.3, -0.25) is 0 Å². The predicted molar refractivity (Wildman–Crippen MR) is 139 cm³/mol. The number of aromatic amines is 1. The number of aromatic nitrogens is 4. The number of H-pyrrole nitrogens is 1. The van der Waals surface area contributed by atoms with Gasteiger partial charge in [0, 0.05) is 36.8 Å². The summed E-state index contributed by atoms with van der Waals surface area (Å²) in [5, 5.41) is 13.4. The molecule has 9 nitrogen and oxygen atoms in total. The zero-order chi connectivity index (χ0) is 27.9. The van der Waals surface area contributed by atoms with E-state index in [2.05, 4.69) is 31.9 Å². The van der Waals surface area contributed by atoms with E-state index in [1.807, 2.05) is 36.9 Å². The number of benzene rings is 2. The SMILES string of the molecule is C=CC(c1cccc2c1CC(c1nn[nH]n1)C2)S(=O)(=O)N1C(C)CN(c2ccc(OC(F)(F)F)cc2)CC1C. The average Bonchev–Trinajstić information content (AvgIpc) is 3.53. The van der Waals surface area contributed by atoms with Gasteiger partial charge in [0.05, 0.1) is 0 Å². The molecule has 1 fully saturated rings. The predicted octanol–water partition coefficient (Wildman–Crippen LogP) is 4.14. The molecule has 0 spiro atoms. The first kappa shape index (κ1) is 27.1. The molecule has 0 amide bonds. The maximum Gasteiger partial charge on any atom is 0.573 e. The van der Waals surface area contributed by atoms with Gasteiger partial charge in [-0.2, -0.15) is 9.52 Å². The van der Waals surface area contributed by atoms with E-state index in [1.165, 1.54) is 18.2 Å². The summed E-state index contributed by atoms with van der Waals surface area (Å²) in [6.07, 6.45) is -1.97. The highest BCUT2D eigenvalue weighted by Gasteiger charge is 2.43. The Hall–Kier alpha value is -3.45. The van der Waals surface area contributed by atoms with E-state index in [-0.39, 0.29) is 11.7 Å². The fourth-order valence-electron chi connectivity index (χ4n) is 5.89. The Morgan fingerprint density at radius 3 is 2.38 bits per heavy atom. The van der Waals surface area contributed by atoms with Gasteiger partial charge < -0.3 is 9.64 Å². The van der Waals surface area contributed by atoms with Crippen molar-refractivity contribution in [3.63, 3.8) is 0 Å². The molecule has 1 N–H and O–H groups in total. The molecule has 1 aliphatic heterocycles. The second-order valence-electron chi connectivity index (χ2n) is 10.0. The molecule has 4 unspecified atom stereocenters. The van der Waals surface area contributed by atoms with Crippen molar-refractivity contribution in [2.45, 2.75) is 56.3 Å². The smallest absolute Gasteiger partial charge is 0.406 e. The number of halogens is 3. The summed E-state index contributed by atoms with van der Waals surface area (Å²) < 4.78 is 71.3. The Balaban J connectivity index is 1.36. The van der Waals surface area contributed by atoms with Crippen LogP contribution < -0.4 is 9.64 Å². The molecule has 0 radical (unpaired) electrons. The molecule has 13 heteroatoms. The first-order valence-electron chi connectivity index (χ1n) is 12.6. The number of sulfonamides is 1. The second-order valence-corrected chi connectivity index (χ2v) is 12.0. The molecule has 39 heavy (non-hydrogen) atoms. The molecule has 2 aliphatic rings. The molecule has 208 valence electrons. The third-order valence-electron chi connectivity index (χ3n) is 7.36. The number of hydrogen-bond donors (Lipinski definition) is 1. The Morgan fingerprint density at radius 2 is 1.79 bits per heavy atom. The first-order chi connectivity index (χ1) is 18.5. The number of nitrogens with zero attached hydrogens (tertiary/aromatic N) is 5. The summed E-state index contributed by atoms with van der Waals surface area (Å²) in [6, 6.07) is 10.5. The van der Waals surface area contributed by atoms with Gasteiger partial charge in [-0.05, 0) is 67.6 Å². The molecule has 5 rings (SSSR count). The Bertz CT molecular complexity index is 1420. The van der Waals surface area contributed by atoms with E-state index in [4.69, 9.17) is 0 Å². The normalized spacial score (nSPS) is 22.9. The Morgan fingerprint density at radius 1 is 1.10 bits per heavy atom. The van der Waals surface area contributed by atoms with Gasteiger partial charge in [-0.25, -0.2) is 8.42 Å². The molecular weight excluding hydrogens is 533 g/mol. The molecule has 1 aromatic heterocycles. The van der Waals surface area contributed by atoms with Crippen LogP contribution in [0.25, 0.3) is 0 Å². The minimum absolute atomic E-state index is 0.0161. The minimum atomic E-state index is -4.76. The van der Waals surface area contributed by atoms with Crippen molar-refractivity contribution < 1.29 is 26.3 Å². The van der Waals surface area contributed by atoms with Crippen LogP contribution in [-0.4, -0.2) is 64.9 Å². The third kappa shape index (κ3) is 5.37. The van der Waals surface area contributed by atoms with Crippen molar-refractivity contribution in [3.8, 4) is 5.75 Å². The zero-order valence-electron chi connectivity index (χ0n) is 21.5. The number of piperazine rings is 1. The fraction of sp³-hybridized carbons (Fsp3) is 0.423. The highest BCUT2D eigenvalue weighted by atomic mass is 32.2. The summed E-state index contributed by atoms with van der Waals surface area (Å²) >= 11 is 0. The van der Waals surface area contributed by atoms with E-state index in [0.717, 1.165) is 11.1 Å². The van der Waals surface area contributed by atoms with Crippen LogP contribution in [-0.2, 0) is 22.9 Å². The lowest BCUT2D eigenvalue weighted by molar-refractivity contribution is -0.274. The highest BCUT2D eigenvalue weighted by molar-refractivity contribution is 7.89. The largest absolute Gasteiger partial charge is 0.573 e. The van der Waals surface area contributed by atoms with Crippen LogP contribution in [0.3, 0.4) is 0 Å². The monoisotopic (exact) mass is 562 g/mol. The Kier molecular flexibility index (Phi) is 7.14. The molecule has 0 bridgehead atoms.